The molecule has 0 aliphatic carbocycles. The Balaban J connectivity index is 2.12. The normalized spacial score (nSPS) is 15.1. The van der Waals surface area contributed by atoms with E-state index in [4.69, 9.17) is 9.47 Å². The average molecular weight is 366 g/mol. The maximum absolute atomic E-state index is 12.2. The average Bonchev–Trinajstić information content (AvgIpc) is 2.54. The smallest absolute Gasteiger partial charge is 0.410 e. The summed E-state index contributed by atoms with van der Waals surface area (Å²) in [4.78, 5) is 28.7. The lowest BCUT2D eigenvalue weighted by Crippen LogP contribution is -2.50. The highest BCUT2D eigenvalue weighted by Crippen LogP contribution is 2.29. The van der Waals surface area contributed by atoms with Crippen LogP contribution in [0.15, 0.2) is 17.0 Å². The second-order valence-corrected chi connectivity index (χ2v) is 7.60. The second-order valence-electron chi connectivity index (χ2n) is 7.08. The minimum absolute atomic E-state index is 0.290. The molecule has 6 nitrogen and oxygen atoms in total. The summed E-state index contributed by atoms with van der Waals surface area (Å²) in [5, 5.41) is 0. The maximum Gasteiger partial charge on any atom is 0.410 e. The topological polar surface area (TPSA) is 59.1 Å². The van der Waals surface area contributed by atoms with Crippen LogP contribution in [0.3, 0.4) is 0 Å². The summed E-state index contributed by atoms with van der Waals surface area (Å²) in [5.74, 6) is -0.373. The zero-order valence-corrected chi connectivity index (χ0v) is 16.4. The number of piperazine rings is 1. The lowest BCUT2D eigenvalue weighted by atomic mass is 10.1. The number of carbonyl (C=O) groups is 2. The van der Waals surface area contributed by atoms with Crippen LogP contribution in [0.5, 0.6) is 0 Å². The van der Waals surface area contributed by atoms with E-state index in [9.17, 15) is 9.59 Å². The Morgan fingerprint density at radius 1 is 1.12 bits per heavy atom. The van der Waals surface area contributed by atoms with E-state index in [1.807, 2.05) is 33.8 Å². The second kappa shape index (κ2) is 7.56. The minimum atomic E-state index is -0.499. The quantitative estimate of drug-likeness (QED) is 0.644. The molecule has 25 heavy (non-hydrogen) atoms. The van der Waals surface area contributed by atoms with E-state index < -0.39 is 5.60 Å². The van der Waals surface area contributed by atoms with E-state index in [2.05, 4.69) is 17.5 Å². The number of methoxy groups -OCH3 is 1. The fourth-order valence-corrected chi connectivity index (χ4v) is 3.04. The number of anilines is 1. The van der Waals surface area contributed by atoms with E-state index in [1.165, 1.54) is 7.11 Å². The highest BCUT2D eigenvalue weighted by Gasteiger charge is 2.27. The highest BCUT2D eigenvalue weighted by molar-refractivity contribution is 7.80. The monoisotopic (exact) mass is 366 g/mol. The third-order valence-corrected chi connectivity index (χ3v) is 4.30. The van der Waals surface area contributed by atoms with Gasteiger partial charge in [0.1, 0.15) is 5.60 Å². The van der Waals surface area contributed by atoms with Gasteiger partial charge in [0.2, 0.25) is 0 Å². The van der Waals surface area contributed by atoms with Gasteiger partial charge in [-0.15, -0.1) is 12.6 Å². The summed E-state index contributed by atoms with van der Waals surface area (Å²) in [7, 11) is 1.37. The molecule has 1 aliphatic rings. The van der Waals surface area contributed by atoms with E-state index in [-0.39, 0.29) is 12.1 Å². The van der Waals surface area contributed by atoms with Crippen molar-refractivity contribution in [2.24, 2.45) is 0 Å². The lowest BCUT2D eigenvalue weighted by Gasteiger charge is -2.37. The summed E-state index contributed by atoms with van der Waals surface area (Å²) in [5.41, 5.74) is 1.81. The molecule has 0 aromatic heterocycles. The number of esters is 1. The summed E-state index contributed by atoms with van der Waals surface area (Å²) < 4.78 is 10.3. The first-order valence-corrected chi connectivity index (χ1v) is 8.72. The van der Waals surface area contributed by atoms with Crippen molar-refractivity contribution in [3.8, 4) is 0 Å². The first-order chi connectivity index (χ1) is 11.6. The van der Waals surface area contributed by atoms with Crippen molar-refractivity contribution in [2.75, 3.05) is 38.2 Å². The van der Waals surface area contributed by atoms with Gasteiger partial charge in [-0.05, 0) is 45.4 Å². The summed E-state index contributed by atoms with van der Waals surface area (Å²) >= 11 is 4.40. The van der Waals surface area contributed by atoms with Gasteiger partial charge < -0.3 is 19.3 Å². The van der Waals surface area contributed by atoms with Gasteiger partial charge in [0.05, 0.1) is 12.7 Å². The molecule has 1 heterocycles. The molecule has 1 aromatic carbocycles. The Morgan fingerprint density at radius 3 is 2.24 bits per heavy atom. The highest BCUT2D eigenvalue weighted by atomic mass is 32.1. The third kappa shape index (κ3) is 4.81. The van der Waals surface area contributed by atoms with Crippen molar-refractivity contribution >= 4 is 30.4 Å². The molecule has 0 unspecified atom stereocenters. The van der Waals surface area contributed by atoms with Crippen LogP contribution in [-0.2, 0) is 9.47 Å². The van der Waals surface area contributed by atoms with Crippen LogP contribution in [0.1, 0.15) is 36.7 Å². The molecule has 138 valence electrons. The van der Waals surface area contributed by atoms with Gasteiger partial charge in [-0.25, -0.2) is 9.59 Å². The number of thiol groups is 1. The van der Waals surface area contributed by atoms with E-state index in [1.54, 1.807) is 11.0 Å². The molecule has 2 rings (SSSR count). The molecule has 1 aliphatic heterocycles. The molecule has 0 N–H and O–H groups in total. The largest absolute Gasteiger partial charge is 0.465 e. The molecule has 7 heteroatoms. The molecular weight excluding hydrogens is 340 g/mol. The maximum atomic E-state index is 12.2. The molecule has 1 aromatic rings. The Bertz CT molecular complexity index is 662. The number of rotatable bonds is 2. The first-order valence-electron chi connectivity index (χ1n) is 8.27. The molecule has 0 atom stereocenters. The Morgan fingerprint density at radius 2 is 1.72 bits per heavy atom. The number of nitrogens with zero attached hydrogens (tertiary/aromatic N) is 2. The number of carbonyl (C=O) groups excluding carboxylic acids is 2. The molecule has 1 saturated heterocycles. The van der Waals surface area contributed by atoms with Crippen LogP contribution in [-0.4, -0.2) is 55.9 Å². The van der Waals surface area contributed by atoms with Crippen molar-refractivity contribution in [1.29, 1.82) is 0 Å². The van der Waals surface area contributed by atoms with Crippen molar-refractivity contribution in [1.82, 2.24) is 4.90 Å². The fourth-order valence-electron chi connectivity index (χ4n) is 2.79. The van der Waals surface area contributed by atoms with Crippen LogP contribution < -0.4 is 4.90 Å². The van der Waals surface area contributed by atoms with Crippen molar-refractivity contribution in [3.05, 3.63) is 23.3 Å². The van der Waals surface area contributed by atoms with E-state index >= 15 is 0 Å². The van der Waals surface area contributed by atoms with Gasteiger partial charge in [-0.3, -0.25) is 0 Å². The predicted molar refractivity (Wildman–Crippen MR) is 99.8 cm³/mol. The summed E-state index contributed by atoms with van der Waals surface area (Å²) in [6, 6.07) is 3.65. The Kier molecular flexibility index (Phi) is 5.87. The lowest BCUT2D eigenvalue weighted by molar-refractivity contribution is 0.0240. The van der Waals surface area contributed by atoms with Gasteiger partial charge in [-0.1, -0.05) is 0 Å². The van der Waals surface area contributed by atoms with Crippen LogP contribution in [0, 0.1) is 6.92 Å². The number of amides is 1. The van der Waals surface area contributed by atoms with Crippen molar-refractivity contribution < 1.29 is 19.1 Å². The summed E-state index contributed by atoms with van der Waals surface area (Å²) in [6.45, 7) is 9.94. The zero-order chi connectivity index (χ0) is 18.8. The number of hydrogen-bond acceptors (Lipinski definition) is 6. The van der Waals surface area contributed by atoms with Gasteiger partial charge >= 0.3 is 12.1 Å². The molecular formula is C18H26N2O4S. The Hall–Kier alpha value is -1.89. The molecule has 1 amide bonds. The van der Waals surface area contributed by atoms with Gasteiger partial charge in [0, 0.05) is 36.8 Å². The standard InChI is InChI=1S/C18H26N2O4S/c1-12-14(16(21)23-5)10-13(25)11-15(12)19-6-8-20(9-7-19)17(22)24-18(2,3)4/h10-11,25H,6-9H2,1-5H3. The number of ether oxygens (including phenoxy) is 2. The molecule has 0 saturated carbocycles. The Labute approximate surface area is 154 Å². The molecule has 0 spiro atoms. The van der Waals surface area contributed by atoms with Crippen molar-refractivity contribution in [3.63, 3.8) is 0 Å². The van der Waals surface area contributed by atoms with Gasteiger partial charge in [-0.2, -0.15) is 0 Å². The number of hydrogen-bond donors (Lipinski definition) is 1. The third-order valence-electron chi connectivity index (χ3n) is 4.04. The molecule has 0 bridgehead atoms. The fraction of sp³-hybridized carbons (Fsp3) is 0.556. The SMILES string of the molecule is COC(=O)c1cc(S)cc(N2CCN(C(=O)OC(C)(C)C)CC2)c1C. The van der Waals surface area contributed by atoms with Crippen LogP contribution in [0.2, 0.25) is 0 Å². The summed E-state index contributed by atoms with van der Waals surface area (Å²) in [6.07, 6.45) is -0.290. The van der Waals surface area contributed by atoms with Crippen molar-refractivity contribution in [2.45, 2.75) is 38.2 Å². The first kappa shape index (κ1) is 19.4. The van der Waals surface area contributed by atoms with Crippen LogP contribution >= 0.6 is 12.6 Å². The van der Waals surface area contributed by atoms with Gasteiger partial charge in [0.15, 0.2) is 0 Å². The van der Waals surface area contributed by atoms with Crippen LogP contribution in [0.4, 0.5) is 10.5 Å². The molecule has 0 radical (unpaired) electrons. The minimum Gasteiger partial charge on any atom is -0.465 e. The van der Waals surface area contributed by atoms with E-state index in [0.29, 0.717) is 36.6 Å². The predicted octanol–water partition coefficient (Wildman–Crippen LogP) is 3.13. The van der Waals surface area contributed by atoms with E-state index in [0.717, 1.165) is 11.3 Å². The zero-order valence-electron chi connectivity index (χ0n) is 15.5. The van der Waals surface area contributed by atoms with Gasteiger partial charge in [0.25, 0.3) is 0 Å². The number of benzene rings is 1. The van der Waals surface area contributed by atoms with Crippen LogP contribution in [0.25, 0.3) is 0 Å². The molecule has 1 fully saturated rings.